The molecule has 1 aromatic rings. The summed E-state index contributed by atoms with van der Waals surface area (Å²) in [6, 6.07) is 10.4. The molecule has 0 amide bonds. The zero-order chi connectivity index (χ0) is 17.6. The summed E-state index contributed by atoms with van der Waals surface area (Å²) in [6.07, 6.45) is 0.641. The Morgan fingerprint density at radius 1 is 1.33 bits per heavy atom. The Bertz CT molecular complexity index is 644. The molecule has 1 aliphatic heterocycles. The van der Waals surface area contributed by atoms with E-state index in [9.17, 15) is 8.42 Å². The molecular weight excluding hydrogens is 324 g/mol. The molecule has 0 spiro atoms. The molecule has 0 aromatic heterocycles. The van der Waals surface area contributed by atoms with Gasteiger partial charge in [-0.2, -0.15) is 0 Å². The lowest BCUT2D eigenvalue weighted by Crippen LogP contribution is -2.44. The second-order valence-corrected chi connectivity index (χ2v) is 8.58. The van der Waals surface area contributed by atoms with E-state index in [1.165, 1.54) is 5.56 Å². The third kappa shape index (κ3) is 5.49. The van der Waals surface area contributed by atoms with Crippen molar-refractivity contribution in [1.29, 1.82) is 0 Å². The maximum absolute atomic E-state index is 11.6. The van der Waals surface area contributed by atoms with Crippen molar-refractivity contribution in [2.45, 2.75) is 25.4 Å². The van der Waals surface area contributed by atoms with E-state index in [-0.39, 0.29) is 23.6 Å². The topological polar surface area (TPSA) is 73.8 Å². The van der Waals surface area contributed by atoms with Gasteiger partial charge in [0.05, 0.1) is 24.1 Å². The van der Waals surface area contributed by atoms with Crippen molar-refractivity contribution >= 4 is 15.8 Å². The second-order valence-electron chi connectivity index (χ2n) is 6.35. The molecule has 0 aliphatic carbocycles. The second kappa shape index (κ2) is 8.48. The smallest absolute Gasteiger partial charge is 0.191 e. The van der Waals surface area contributed by atoms with Crippen LogP contribution in [0, 0.1) is 0 Å². The summed E-state index contributed by atoms with van der Waals surface area (Å²) in [7, 11) is 1.18. The van der Waals surface area contributed by atoms with Gasteiger partial charge in [-0.25, -0.2) is 8.42 Å². The fourth-order valence-corrected chi connectivity index (χ4v) is 4.52. The van der Waals surface area contributed by atoms with Crippen molar-refractivity contribution in [1.82, 2.24) is 15.5 Å². The number of benzene rings is 1. The van der Waals surface area contributed by atoms with Gasteiger partial charge >= 0.3 is 0 Å². The lowest BCUT2D eigenvalue weighted by molar-refractivity contribution is 0.306. The van der Waals surface area contributed by atoms with Crippen molar-refractivity contribution in [2.75, 3.05) is 38.7 Å². The summed E-state index contributed by atoms with van der Waals surface area (Å²) in [5, 5.41) is 6.47. The molecule has 2 atom stereocenters. The standard InChI is InChI=1S/C17H28N4O2S/c1-4-18-17(20-15-10-11-24(22,23)13-15)19-12-16(21(2)3)14-8-6-5-7-9-14/h5-9,15-16H,4,10-13H2,1-3H3,(H2,18,19,20). The first-order chi connectivity index (χ1) is 11.4. The fourth-order valence-electron chi connectivity index (χ4n) is 2.84. The lowest BCUT2D eigenvalue weighted by Gasteiger charge is -2.24. The number of nitrogens with zero attached hydrogens (tertiary/aromatic N) is 2. The molecule has 1 fully saturated rings. The van der Waals surface area contributed by atoms with Gasteiger partial charge in [-0.3, -0.25) is 4.99 Å². The Morgan fingerprint density at radius 3 is 2.58 bits per heavy atom. The molecule has 0 bridgehead atoms. The third-order valence-corrected chi connectivity index (χ3v) is 5.92. The maximum Gasteiger partial charge on any atom is 0.191 e. The molecule has 134 valence electrons. The minimum Gasteiger partial charge on any atom is -0.357 e. The summed E-state index contributed by atoms with van der Waals surface area (Å²) in [5.74, 6) is 1.13. The van der Waals surface area contributed by atoms with E-state index in [1.807, 2.05) is 39.2 Å². The number of aliphatic imine (C=N–C) groups is 1. The third-order valence-electron chi connectivity index (χ3n) is 4.15. The molecule has 0 saturated carbocycles. The van der Waals surface area contributed by atoms with Crippen molar-refractivity contribution < 1.29 is 8.42 Å². The van der Waals surface area contributed by atoms with Gasteiger partial charge < -0.3 is 15.5 Å². The molecule has 1 saturated heterocycles. The Hall–Kier alpha value is -1.60. The highest BCUT2D eigenvalue weighted by Gasteiger charge is 2.28. The van der Waals surface area contributed by atoms with Crippen LogP contribution in [0.25, 0.3) is 0 Å². The van der Waals surface area contributed by atoms with Crippen LogP contribution in [0.15, 0.2) is 35.3 Å². The highest BCUT2D eigenvalue weighted by Crippen LogP contribution is 2.18. The van der Waals surface area contributed by atoms with E-state index >= 15 is 0 Å². The van der Waals surface area contributed by atoms with E-state index in [1.54, 1.807) is 0 Å². The van der Waals surface area contributed by atoms with Crippen LogP contribution in [0.3, 0.4) is 0 Å². The van der Waals surface area contributed by atoms with Crippen LogP contribution in [-0.2, 0) is 9.84 Å². The van der Waals surface area contributed by atoms with Crippen LogP contribution in [0.2, 0.25) is 0 Å². The van der Waals surface area contributed by atoms with Crippen LogP contribution in [0.1, 0.15) is 24.9 Å². The van der Waals surface area contributed by atoms with Crippen LogP contribution < -0.4 is 10.6 Å². The zero-order valence-electron chi connectivity index (χ0n) is 14.7. The molecule has 1 heterocycles. The van der Waals surface area contributed by atoms with Gasteiger partial charge in [0.15, 0.2) is 15.8 Å². The van der Waals surface area contributed by atoms with Gasteiger partial charge in [-0.05, 0) is 33.0 Å². The predicted octanol–water partition coefficient (Wildman–Crippen LogP) is 1.03. The van der Waals surface area contributed by atoms with Gasteiger partial charge in [0.25, 0.3) is 0 Å². The number of hydrogen-bond acceptors (Lipinski definition) is 4. The van der Waals surface area contributed by atoms with Crippen LogP contribution in [0.5, 0.6) is 0 Å². The molecule has 24 heavy (non-hydrogen) atoms. The molecule has 1 aromatic carbocycles. The average molecular weight is 353 g/mol. The fraction of sp³-hybridized carbons (Fsp3) is 0.588. The Kier molecular flexibility index (Phi) is 6.62. The Labute approximate surface area is 145 Å². The van der Waals surface area contributed by atoms with Gasteiger partial charge in [0.2, 0.25) is 0 Å². The van der Waals surface area contributed by atoms with Crippen LogP contribution in [0.4, 0.5) is 0 Å². The number of hydrogen-bond donors (Lipinski definition) is 2. The van der Waals surface area contributed by atoms with Crippen molar-refractivity contribution in [3.63, 3.8) is 0 Å². The van der Waals surface area contributed by atoms with Crippen molar-refractivity contribution in [3.8, 4) is 0 Å². The Morgan fingerprint density at radius 2 is 2.04 bits per heavy atom. The molecule has 1 aliphatic rings. The number of sulfone groups is 1. The highest BCUT2D eigenvalue weighted by atomic mass is 32.2. The van der Waals surface area contributed by atoms with Gasteiger partial charge in [-0.1, -0.05) is 30.3 Å². The predicted molar refractivity (Wildman–Crippen MR) is 99.0 cm³/mol. The van der Waals surface area contributed by atoms with Crippen molar-refractivity contribution in [2.24, 2.45) is 4.99 Å². The number of rotatable bonds is 6. The van der Waals surface area contributed by atoms with Gasteiger partial charge in [0.1, 0.15) is 0 Å². The molecule has 6 nitrogen and oxygen atoms in total. The zero-order valence-corrected chi connectivity index (χ0v) is 15.5. The summed E-state index contributed by atoms with van der Waals surface area (Å²) in [5.41, 5.74) is 1.21. The molecule has 2 rings (SSSR count). The molecule has 0 radical (unpaired) electrons. The van der Waals surface area contributed by atoms with Crippen LogP contribution in [-0.4, -0.2) is 64.0 Å². The minimum absolute atomic E-state index is 0.0534. The summed E-state index contributed by atoms with van der Waals surface area (Å²) in [4.78, 5) is 6.82. The number of likely N-dealkylation sites (N-methyl/N-ethyl adjacent to an activating group) is 1. The minimum atomic E-state index is -2.90. The quantitative estimate of drug-likeness (QED) is 0.591. The molecule has 2 unspecified atom stereocenters. The molecular formula is C17H28N4O2S. The van der Waals surface area contributed by atoms with E-state index in [0.29, 0.717) is 18.9 Å². The monoisotopic (exact) mass is 352 g/mol. The van der Waals surface area contributed by atoms with E-state index < -0.39 is 9.84 Å². The largest absolute Gasteiger partial charge is 0.357 e. The first-order valence-electron chi connectivity index (χ1n) is 8.38. The van der Waals surface area contributed by atoms with E-state index in [0.717, 1.165) is 6.54 Å². The normalized spacial score (nSPS) is 21.7. The lowest BCUT2D eigenvalue weighted by atomic mass is 10.1. The average Bonchev–Trinajstić information content (AvgIpc) is 2.87. The van der Waals surface area contributed by atoms with Gasteiger partial charge in [0, 0.05) is 12.6 Å². The van der Waals surface area contributed by atoms with Crippen LogP contribution >= 0.6 is 0 Å². The molecule has 2 N–H and O–H groups in total. The van der Waals surface area contributed by atoms with E-state index in [4.69, 9.17) is 0 Å². The first kappa shape index (κ1) is 18.7. The first-order valence-corrected chi connectivity index (χ1v) is 10.2. The maximum atomic E-state index is 11.6. The summed E-state index contributed by atoms with van der Waals surface area (Å²) in [6.45, 7) is 3.35. The SMILES string of the molecule is CCNC(=NCC(c1ccccc1)N(C)C)NC1CCS(=O)(=O)C1. The number of guanidine groups is 1. The highest BCUT2D eigenvalue weighted by molar-refractivity contribution is 7.91. The summed E-state index contributed by atoms with van der Waals surface area (Å²) >= 11 is 0. The van der Waals surface area contributed by atoms with E-state index in [2.05, 4.69) is 32.7 Å². The Balaban J connectivity index is 2.06. The van der Waals surface area contributed by atoms with Crippen molar-refractivity contribution in [3.05, 3.63) is 35.9 Å². The molecule has 7 heteroatoms. The summed E-state index contributed by atoms with van der Waals surface area (Å²) < 4.78 is 23.2. The number of nitrogens with one attached hydrogen (secondary N) is 2. The van der Waals surface area contributed by atoms with Gasteiger partial charge in [-0.15, -0.1) is 0 Å².